The molecular formula is C16H26N2O2S. The van der Waals surface area contributed by atoms with Crippen molar-refractivity contribution in [3.63, 3.8) is 0 Å². The van der Waals surface area contributed by atoms with Crippen LogP contribution < -0.4 is 10.5 Å². The Bertz CT molecular complexity index is 534. The van der Waals surface area contributed by atoms with E-state index < -0.39 is 10.0 Å². The van der Waals surface area contributed by atoms with E-state index in [9.17, 15) is 8.42 Å². The molecule has 0 heterocycles. The summed E-state index contributed by atoms with van der Waals surface area (Å²) in [5, 5.41) is 0. The zero-order valence-electron chi connectivity index (χ0n) is 12.7. The number of hydrogen-bond acceptors (Lipinski definition) is 3. The summed E-state index contributed by atoms with van der Waals surface area (Å²) in [7, 11) is -3.22. The third kappa shape index (κ3) is 5.09. The molecule has 5 heteroatoms. The number of benzene rings is 1. The highest BCUT2D eigenvalue weighted by Crippen LogP contribution is 2.25. The smallest absolute Gasteiger partial charge is 0.212 e. The molecule has 118 valence electrons. The zero-order chi connectivity index (χ0) is 15.3. The number of hydrogen-bond donors (Lipinski definition) is 2. The molecule has 3 N–H and O–H groups in total. The van der Waals surface area contributed by atoms with E-state index in [1.54, 1.807) is 0 Å². The van der Waals surface area contributed by atoms with E-state index in [0.717, 1.165) is 36.8 Å². The molecule has 4 nitrogen and oxygen atoms in total. The van der Waals surface area contributed by atoms with Crippen molar-refractivity contribution in [3.8, 4) is 0 Å². The van der Waals surface area contributed by atoms with Gasteiger partial charge in [-0.25, -0.2) is 13.1 Å². The molecule has 0 saturated heterocycles. The fourth-order valence-electron chi connectivity index (χ4n) is 2.99. The van der Waals surface area contributed by atoms with Crippen LogP contribution in [-0.4, -0.2) is 14.2 Å². The summed E-state index contributed by atoms with van der Waals surface area (Å²) in [4.78, 5) is 0. The largest absolute Gasteiger partial charge is 0.326 e. The fraction of sp³-hybridized carbons (Fsp3) is 0.625. The third-order valence-electron chi connectivity index (χ3n) is 4.25. The molecule has 1 aliphatic rings. The van der Waals surface area contributed by atoms with Gasteiger partial charge in [0.1, 0.15) is 0 Å². The molecule has 0 radical (unpaired) electrons. The van der Waals surface area contributed by atoms with Gasteiger partial charge in [0.25, 0.3) is 0 Å². The first kappa shape index (κ1) is 16.5. The van der Waals surface area contributed by atoms with E-state index in [2.05, 4.69) is 4.72 Å². The maximum absolute atomic E-state index is 12.3. The lowest BCUT2D eigenvalue weighted by Crippen LogP contribution is -2.32. The molecule has 0 spiro atoms. The van der Waals surface area contributed by atoms with E-state index in [1.165, 1.54) is 6.42 Å². The average Bonchev–Trinajstić information content (AvgIpc) is 2.47. The third-order valence-corrected chi connectivity index (χ3v) is 5.87. The topological polar surface area (TPSA) is 72.2 Å². The predicted octanol–water partition coefficient (Wildman–Crippen LogP) is 2.71. The van der Waals surface area contributed by atoms with Gasteiger partial charge in [0.15, 0.2) is 0 Å². The summed E-state index contributed by atoms with van der Waals surface area (Å²) in [6.07, 6.45) is 5.65. The summed E-state index contributed by atoms with van der Waals surface area (Å²) in [6.45, 7) is 2.39. The average molecular weight is 310 g/mol. The number of sulfonamides is 1. The Morgan fingerprint density at radius 3 is 2.38 bits per heavy atom. The summed E-state index contributed by atoms with van der Waals surface area (Å²) < 4.78 is 27.3. The van der Waals surface area contributed by atoms with Gasteiger partial charge in [-0.2, -0.15) is 0 Å². The van der Waals surface area contributed by atoms with Gasteiger partial charge < -0.3 is 5.73 Å². The van der Waals surface area contributed by atoms with Crippen molar-refractivity contribution in [1.82, 2.24) is 4.72 Å². The van der Waals surface area contributed by atoms with Crippen LogP contribution in [0.5, 0.6) is 0 Å². The molecule has 1 aliphatic carbocycles. The highest BCUT2D eigenvalue weighted by molar-refractivity contribution is 7.89. The maximum Gasteiger partial charge on any atom is 0.212 e. The van der Waals surface area contributed by atoms with Gasteiger partial charge in [0.05, 0.1) is 5.75 Å². The van der Waals surface area contributed by atoms with E-state index >= 15 is 0 Å². The van der Waals surface area contributed by atoms with Crippen LogP contribution in [-0.2, 0) is 16.6 Å². The van der Waals surface area contributed by atoms with Crippen LogP contribution in [0, 0.1) is 5.92 Å². The maximum atomic E-state index is 12.3. The minimum atomic E-state index is -3.22. The van der Waals surface area contributed by atoms with Gasteiger partial charge in [-0.15, -0.1) is 0 Å². The van der Waals surface area contributed by atoms with Gasteiger partial charge in [-0.3, -0.25) is 0 Å². The lowest BCUT2D eigenvalue weighted by molar-refractivity contribution is 0.383. The predicted molar refractivity (Wildman–Crippen MR) is 86.2 cm³/mol. The summed E-state index contributed by atoms with van der Waals surface area (Å²) in [5.74, 6) is 0.584. The standard InChI is InChI=1S/C16H26N2O2S/c1-13(16-9-7-14(11-17)8-10-16)18-21(19,20)12-15-5-3-2-4-6-15/h7-10,13,15,18H,2-6,11-12,17H2,1H3. The Balaban J connectivity index is 1.94. The first-order valence-corrected chi connectivity index (χ1v) is 9.44. The van der Waals surface area contributed by atoms with Crippen LogP contribution in [0.4, 0.5) is 0 Å². The molecule has 1 unspecified atom stereocenters. The van der Waals surface area contributed by atoms with Crippen molar-refractivity contribution in [2.45, 2.75) is 51.6 Å². The van der Waals surface area contributed by atoms with Crippen molar-refractivity contribution in [2.75, 3.05) is 5.75 Å². The highest BCUT2D eigenvalue weighted by Gasteiger charge is 2.23. The number of rotatable bonds is 6. The molecule has 0 amide bonds. The quantitative estimate of drug-likeness (QED) is 0.848. The second-order valence-corrected chi connectivity index (χ2v) is 7.87. The van der Waals surface area contributed by atoms with Crippen LogP contribution in [0.1, 0.15) is 56.2 Å². The molecular weight excluding hydrogens is 284 g/mol. The number of nitrogens with one attached hydrogen (secondary N) is 1. The minimum Gasteiger partial charge on any atom is -0.326 e. The van der Waals surface area contributed by atoms with Gasteiger partial charge >= 0.3 is 0 Å². The minimum absolute atomic E-state index is 0.203. The number of nitrogens with two attached hydrogens (primary N) is 1. The molecule has 1 fully saturated rings. The molecule has 1 aromatic carbocycles. The van der Waals surface area contributed by atoms with E-state index in [-0.39, 0.29) is 11.8 Å². The molecule has 0 bridgehead atoms. The normalized spacial score (nSPS) is 18.6. The van der Waals surface area contributed by atoms with E-state index in [0.29, 0.717) is 12.5 Å². The molecule has 1 aromatic rings. The van der Waals surface area contributed by atoms with Crippen LogP contribution in [0.2, 0.25) is 0 Å². The van der Waals surface area contributed by atoms with Crippen LogP contribution in [0.3, 0.4) is 0 Å². The van der Waals surface area contributed by atoms with E-state index in [1.807, 2.05) is 31.2 Å². The molecule has 2 rings (SSSR count). The van der Waals surface area contributed by atoms with Gasteiger partial charge in [-0.1, -0.05) is 43.5 Å². The van der Waals surface area contributed by atoms with Crippen LogP contribution in [0.15, 0.2) is 24.3 Å². The van der Waals surface area contributed by atoms with Gasteiger partial charge in [0.2, 0.25) is 10.0 Å². The molecule has 0 aliphatic heterocycles. The summed E-state index contributed by atoms with van der Waals surface area (Å²) in [5.41, 5.74) is 7.59. The summed E-state index contributed by atoms with van der Waals surface area (Å²) in [6, 6.07) is 7.57. The lowest BCUT2D eigenvalue weighted by atomic mass is 9.91. The Morgan fingerprint density at radius 2 is 1.81 bits per heavy atom. The Hall–Kier alpha value is -0.910. The van der Waals surface area contributed by atoms with Crippen LogP contribution >= 0.6 is 0 Å². The monoisotopic (exact) mass is 310 g/mol. The van der Waals surface area contributed by atoms with Gasteiger partial charge in [0, 0.05) is 12.6 Å². The Morgan fingerprint density at radius 1 is 1.19 bits per heavy atom. The van der Waals surface area contributed by atoms with Crippen molar-refractivity contribution in [2.24, 2.45) is 11.7 Å². The Kier molecular flexibility index (Phi) is 5.79. The summed E-state index contributed by atoms with van der Waals surface area (Å²) >= 11 is 0. The van der Waals surface area contributed by atoms with Crippen molar-refractivity contribution >= 4 is 10.0 Å². The Labute approximate surface area is 128 Å². The van der Waals surface area contributed by atoms with Crippen molar-refractivity contribution in [1.29, 1.82) is 0 Å². The first-order valence-electron chi connectivity index (χ1n) is 7.79. The highest BCUT2D eigenvalue weighted by atomic mass is 32.2. The first-order chi connectivity index (χ1) is 10.00. The molecule has 1 atom stereocenters. The van der Waals surface area contributed by atoms with Crippen molar-refractivity contribution in [3.05, 3.63) is 35.4 Å². The molecule has 0 aromatic heterocycles. The van der Waals surface area contributed by atoms with Gasteiger partial charge in [-0.05, 0) is 36.8 Å². The molecule has 1 saturated carbocycles. The fourth-order valence-corrected chi connectivity index (χ4v) is 4.72. The van der Waals surface area contributed by atoms with Crippen molar-refractivity contribution < 1.29 is 8.42 Å². The second kappa shape index (κ2) is 7.38. The van der Waals surface area contributed by atoms with E-state index in [4.69, 9.17) is 5.73 Å². The lowest BCUT2D eigenvalue weighted by Gasteiger charge is -2.23. The SMILES string of the molecule is CC(NS(=O)(=O)CC1CCCCC1)c1ccc(CN)cc1. The van der Waals surface area contributed by atoms with Crippen LogP contribution in [0.25, 0.3) is 0 Å². The molecule has 21 heavy (non-hydrogen) atoms. The zero-order valence-corrected chi connectivity index (χ0v) is 13.5. The second-order valence-electron chi connectivity index (χ2n) is 6.07.